The van der Waals surface area contributed by atoms with Crippen LogP contribution in [0.4, 0.5) is 17.6 Å². The van der Waals surface area contributed by atoms with Crippen molar-refractivity contribution in [2.75, 3.05) is 0 Å². The molecule has 0 amide bonds. The van der Waals surface area contributed by atoms with Gasteiger partial charge in [0.1, 0.15) is 0 Å². The molecular formula is C6HCl3F4Si. The lowest BCUT2D eigenvalue weighted by Gasteiger charge is -2.11. The van der Waals surface area contributed by atoms with E-state index in [-0.39, 0.29) is 6.07 Å². The molecule has 0 radical (unpaired) electrons. The molecule has 0 saturated heterocycles. The number of hydrogen-bond acceptors (Lipinski definition) is 0. The van der Waals surface area contributed by atoms with Crippen molar-refractivity contribution in [2.24, 2.45) is 0 Å². The average molecular weight is 284 g/mol. The van der Waals surface area contributed by atoms with Gasteiger partial charge >= 0.3 is 6.00 Å². The highest BCUT2D eigenvalue weighted by Gasteiger charge is 2.38. The summed E-state index contributed by atoms with van der Waals surface area (Å²) in [6.45, 7) is 0. The standard InChI is InChI=1S/C6HCl3F4Si/c7-14(8,9)6-4(12)2(10)1-3(11)5(6)13/h1H. The fourth-order valence-corrected chi connectivity index (χ4v) is 3.05. The van der Waals surface area contributed by atoms with Crippen molar-refractivity contribution in [1.29, 1.82) is 0 Å². The summed E-state index contributed by atoms with van der Waals surface area (Å²) in [5.41, 5.74) is 0. The van der Waals surface area contributed by atoms with Crippen molar-refractivity contribution >= 4 is 44.4 Å². The third-order valence-corrected chi connectivity index (χ3v) is 4.10. The molecule has 0 spiro atoms. The van der Waals surface area contributed by atoms with Crippen LogP contribution < -0.4 is 5.19 Å². The summed E-state index contributed by atoms with van der Waals surface area (Å²) in [6.07, 6.45) is 0. The Morgan fingerprint density at radius 2 is 1.21 bits per heavy atom. The van der Waals surface area contributed by atoms with Crippen LogP contribution >= 0.6 is 33.2 Å². The molecule has 0 nitrogen and oxygen atoms in total. The summed E-state index contributed by atoms with van der Waals surface area (Å²) in [5, 5.41) is -1.12. The van der Waals surface area contributed by atoms with Gasteiger partial charge in [-0.05, 0) is 0 Å². The van der Waals surface area contributed by atoms with Crippen LogP contribution in [0.25, 0.3) is 0 Å². The van der Waals surface area contributed by atoms with Crippen LogP contribution in [-0.2, 0) is 0 Å². The van der Waals surface area contributed by atoms with Crippen molar-refractivity contribution < 1.29 is 17.6 Å². The molecule has 0 aromatic heterocycles. The average Bonchev–Trinajstić information content (AvgIpc) is 1.98. The third-order valence-electron chi connectivity index (χ3n) is 1.40. The molecule has 0 fully saturated rings. The van der Waals surface area contributed by atoms with E-state index in [1.165, 1.54) is 0 Å². The summed E-state index contributed by atoms with van der Waals surface area (Å²) >= 11 is 15.8. The largest absolute Gasteiger partial charge is 0.379 e. The van der Waals surface area contributed by atoms with E-state index in [9.17, 15) is 17.6 Å². The van der Waals surface area contributed by atoms with Crippen molar-refractivity contribution in [3.63, 3.8) is 0 Å². The molecule has 0 aliphatic rings. The third kappa shape index (κ3) is 2.16. The van der Waals surface area contributed by atoms with E-state index >= 15 is 0 Å². The molecule has 0 aliphatic carbocycles. The molecule has 0 unspecified atom stereocenters. The summed E-state index contributed by atoms with van der Waals surface area (Å²) in [5.74, 6) is -6.48. The van der Waals surface area contributed by atoms with Crippen LogP contribution in [-0.4, -0.2) is 6.00 Å². The van der Waals surface area contributed by atoms with E-state index in [0.717, 1.165) is 0 Å². The molecule has 1 aromatic carbocycles. The molecule has 14 heavy (non-hydrogen) atoms. The van der Waals surface area contributed by atoms with Crippen LogP contribution in [0.1, 0.15) is 0 Å². The molecule has 0 heterocycles. The van der Waals surface area contributed by atoms with Gasteiger partial charge in [0.05, 0.1) is 5.19 Å². The van der Waals surface area contributed by atoms with Crippen molar-refractivity contribution in [1.82, 2.24) is 0 Å². The van der Waals surface area contributed by atoms with Crippen molar-refractivity contribution in [2.45, 2.75) is 0 Å². The first-order valence-corrected chi connectivity index (χ1v) is 8.19. The predicted molar refractivity (Wildman–Crippen MR) is 49.2 cm³/mol. The lowest BCUT2D eigenvalue weighted by molar-refractivity contribution is 0.463. The first-order chi connectivity index (χ1) is 6.25. The normalized spacial score (nSPS) is 11.9. The molecule has 0 bridgehead atoms. The summed E-state index contributed by atoms with van der Waals surface area (Å²) < 4.78 is 51.1. The van der Waals surface area contributed by atoms with Gasteiger partial charge in [0.2, 0.25) is 0 Å². The molecule has 1 rings (SSSR count). The highest BCUT2D eigenvalue weighted by Crippen LogP contribution is 2.24. The zero-order chi connectivity index (χ0) is 11.1. The van der Waals surface area contributed by atoms with E-state index in [4.69, 9.17) is 33.2 Å². The van der Waals surface area contributed by atoms with Crippen LogP contribution in [0, 0.1) is 23.3 Å². The molecule has 0 aliphatic heterocycles. The second kappa shape index (κ2) is 3.88. The number of halogens is 7. The molecule has 1 aromatic rings. The molecule has 0 saturated carbocycles. The predicted octanol–water partition coefficient (Wildman–Crippen LogP) is 3.11. The SMILES string of the molecule is Fc1cc(F)c(F)c([Si](Cl)(Cl)Cl)c1F. The van der Waals surface area contributed by atoms with E-state index in [0.29, 0.717) is 0 Å². The van der Waals surface area contributed by atoms with E-state index in [2.05, 4.69) is 0 Å². The number of rotatable bonds is 1. The second-order valence-electron chi connectivity index (χ2n) is 2.34. The van der Waals surface area contributed by atoms with Gasteiger partial charge in [0.15, 0.2) is 23.3 Å². The topological polar surface area (TPSA) is 0 Å². The Labute approximate surface area is 91.5 Å². The van der Waals surface area contributed by atoms with Crippen molar-refractivity contribution in [3.05, 3.63) is 29.3 Å². The number of hydrogen-bond donors (Lipinski definition) is 0. The first kappa shape index (κ1) is 12.1. The quantitative estimate of drug-likeness (QED) is 0.321. The Bertz CT molecular complexity index is 350. The smallest absolute Gasteiger partial charge is 0.204 e. The maximum absolute atomic E-state index is 12.9. The summed E-state index contributed by atoms with van der Waals surface area (Å²) in [7, 11) is 0. The Hall–Kier alpha value is 0.0269. The van der Waals surface area contributed by atoms with Gasteiger partial charge in [-0.1, -0.05) is 0 Å². The molecule has 0 N–H and O–H groups in total. The van der Waals surface area contributed by atoms with Crippen LogP contribution in [0.3, 0.4) is 0 Å². The summed E-state index contributed by atoms with van der Waals surface area (Å²) in [6, 6.07) is -3.94. The van der Waals surface area contributed by atoms with Gasteiger partial charge in [0.25, 0.3) is 0 Å². The minimum Gasteiger partial charge on any atom is -0.204 e. The monoisotopic (exact) mass is 282 g/mol. The lowest BCUT2D eigenvalue weighted by atomic mass is 10.3. The zero-order valence-corrected chi connectivity index (χ0v) is 9.49. The van der Waals surface area contributed by atoms with E-state index < -0.39 is 34.5 Å². The Kier molecular flexibility index (Phi) is 3.36. The summed E-state index contributed by atoms with van der Waals surface area (Å²) in [4.78, 5) is 0. The van der Waals surface area contributed by atoms with Crippen LogP contribution in [0.2, 0.25) is 0 Å². The molecule has 0 atom stereocenters. The molecule has 8 heteroatoms. The van der Waals surface area contributed by atoms with Crippen molar-refractivity contribution in [3.8, 4) is 0 Å². The lowest BCUT2D eigenvalue weighted by Crippen LogP contribution is -2.37. The maximum Gasteiger partial charge on any atom is 0.379 e. The maximum atomic E-state index is 12.9. The van der Waals surface area contributed by atoms with Gasteiger partial charge < -0.3 is 0 Å². The minimum atomic E-state index is -4.00. The van der Waals surface area contributed by atoms with E-state index in [1.54, 1.807) is 0 Å². The fourth-order valence-electron chi connectivity index (χ4n) is 0.822. The fraction of sp³-hybridized carbons (Fsp3) is 0. The van der Waals surface area contributed by atoms with Gasteiger partial charge in [-0.3, -0.25) is 0 Å². The minimum absolute atomic E-state index is 0.0545. The van der Waals surface area contributed by atoms with Gasteiger partial charge in [0, 0.05) is 6.07 Å². The van der Waals surface area contributed by atoms with Gasteiger partial charge in [-0.2, -0.15) is 0 Å². The Morgan fingerprint density at radius 3 is 1.50 bits per heavy atom. The molecule has 78 valence electrons. The first-order valence-electron chi connectivity index (χ1n) is 3.15. The highest BCUT2D eigenvalue weighted by molar-refractivity contribution is 7.69. The Morgan fingerprint density at radius 1 is 0.857 bits per heavy atom. The number of benzene rings is 1. The highest BCUT2D eigenvalue weighted by atomic mass is 35.8. The van der Waals surface area contributed by atoms with E-state index in [1.807, 2.05) is 0 Å². The second-order valence-corrected chi connectivity index (χ2v) is 10.7. The van der Waals surface area contributed by atoms with Crippen LogP contribution in [0.15, 0.2) is 6.07 Å². The van der Waals surface area contributed by atoms with Gasteiger partial charge in [-0.25, -0.2) is 17.6 Å². The van der Waals surface area contributed by atoms with Crippen LogP contribution in [0.5, 0.6) is 0 Å². The zero-order valence-electron chi connectivity index (χ0n) is 6.22. The van der Waals surface area contributed by atoms with Gasteiger partial charge in [-0.15, -0.1) is 33.2 Å². The Balaban J connectivity index is 3.56. The molecular weight excluding hydrogens is 283 g/mol.